The van der Waals surface area contributed by atoms with Crippen LogP contribution in [0, 0.1) is 11.6 Å². The first-order valence-corrected chi connectivity index (χ1v) is 10.7. The lowest BCUT2D eigenvalue weighted by atomic mass is 9.97. The molecule has 0 saturated carbocycles. The minimum Gasteiger partial charge on any atom is -0.322 e. The standard InChI is InChI=1S/C25H20ClF2N3O2/c1-30-11-2-12-31(30)20-9-10-21(23(28)15-20)24(32)13-16-3-6-18(27)14-22(16)25(33)29-19-7-4-17(26)5-8-19/h3-10,12,14-15H,2,11,13H2,1H3/p+1. The maximum Gasteiger partial charge on any atom is 0.256 e. The molecule has 1 heterocycles. The number of nitrogens with one attached hydrogen (secondary N) is 1. The van der Waals surface area contributed by atoms with Gasteiger partial charge < -0.3 is 5.32 Å². The number of nitrogens with zero attached hydrogens (tertiary/aromatic N) is 2. The molecule has 3 aromatic carbocycles. The summed E-state index contributed by atoms with van der Waals surface area (Å²) < 4.78 is 30.5. The molecule has 1 aliphatic rings. The van der Waals surface area contributed by atoms with Crippen LogP contribution in [0.15, 0.2) is 60.7 Å². The first-order chi connectivity index (χ1) is 15.8. The monoisotopic (exact) mass is 468 g/mol. The molecule has 0 aliphatic carbocycles. The summed E-state index contributed by atoms with van der Waals surface area (Å²) in [7, 11) is 1.89. The number of amides is 1. The van der Waals surface area contributed by atoms with Gasteiger partial charge in [-0.1, -0.05) is 22.4 Å². The molecule has 0 aromatic heterocycles. The van der Waals surface area contributed by atoms with Crippen LogP contribution in [-0.4, -0.2) is 41.2 Å². The van der Waals surface area contributed by atoms with E-state index >= 15 is 0 Å². The summed E-state index contributed by atoms with van der Waals surface area (Å²) >= 11 is 5.86. The van der Waals surface area contributed by atoms with Gasteiger partial charge in [0.25, 0.3) is 5.91 Å². The molecular formula is C25H21ClF2N3O2+. The predicted octanol–water partition coefficient (Wildman–Crippen LogP) is 5.26. The topological polar surface area (TPSA) is 52.4 Å². The Hall–Kier alpha value is -3.58. The summed E-state index contributed by atoms with van der Waals surface area (Å²) in [5.41, 5.74) is 1.30. The molecule has 0 fully saturated rings. The van der Waals surface area contributed by atoms with Gasteiger partial charge in [-0.2, -0.15) is 5.01 Å². The first kappa shape index (κ1) is 22.6. The van der Waals surface area contributed by atoms with Crippen molar-refractivity contribution in [1.82, 2.24) is 5.01 Å². The van der Waals surface area contributed by atoms with Gasteiger partial charge in [0.05, 0.1) is 25.6 Å². The number of halogens is 3. The van der Waals surface area contributed by atoms with Crippen LogP contribution in [0.3, 0.4) is 0 Å². The van der Waals surface area contributed by atoms with Crippen molar-refractivity contribution in [2.75, 3.05) is 18.9 Å². The van der Waals surface area contributed by atoms with E-state index in [1.807, 2.05) is 23.0 Å². The molecule has 8 heteroatoms. The third-order valence-corrected chi connectivity index (χ3v) is 5.66. The van der Waals surface area contributed by atoms with Gasteiger partial charge in [-0.15, -0.1) is 0 Å². The van der Waals surface area contributed by atoms with E-state index in [9.17, 15) is 18.4 Å². The maximum absolute atomic E-state index is 14.8. The fourth-order valence-corrected chi connectivity index (χ4v) is 3.83. The number of hydrazine groups is 1. The van der Waals surface area contributed by atoms with Crippen molar-refractivity contribution in [3.8, 4) is 0 Å². The van der Waals surface area contributed by atoms with Crippen molar-refractivity contribution in [2.24, 2.45) is 0 Å². The molecule has 0 unspecified atom stereocenters. The highest BCUT2D eigenvalue weighted by molar-refractivity contribution is 6.30. The molecule has 0 radical (unpaired) electrons. The highest BCUT2D eigenvalue weighted by atomic mass is 35.5. The van der Waals surface area contributed by atoms with E-state index in [-0.39, 0.29) is 17.5 Å². The molecule has 5 nitrogen and oxygen atoms in total. The second-order valence-corrected chi connectivity index (χ2v) is 8.16. The van der Waals surface area contributed by atoms with Crippen LogP contribution in [0.1, 0.15) is 32.7 Å². The van der Waals surface area contributed by atoms with Gasteiger partial charge in [-0.05, 0) is 48.0 Å². The molecule has 168 valence electrons. The number of ketones is 1. The number of hydrogen-bond acceptors (Lipinski definition) is 3. The number of Topliss-reactive ketones (excluding diaryl/α,β-unsaturated/α-hetero) is 1. The van der Waals surface area contributed by atoms with E-state index < -0.39 is 23.3 Å². The van der Waals surface area contributed by atoms with Crippen LogP contribution in [0.5, 0.6) is 0 Å². The molecule has 33 heavy (non-hydrogen) atoms. The number of carbonyl (C=O) groups excluding carboxylic acids is 2. The van der Waals surface area contributed by atoms with Gasteiger partial charge in [0.1, 0.15) is 11.6 Å². The van der Waals surface area contributed by atoms with Gasteiger partial charge in [0, 0.05) is 34.8 Å². The number of anilines is 1. The van der Waals surface area contributed by atoms with Gasteiger partial charge in [-0.25, -0.2) is 8.78 Å². The van der Waals surface area contributed by atoms with Crippen molar-refractivity contribution in [3.63, 3.8) is 0 Å². The van der Waals surface area contributed by atoms with Gasteiger partial charge in [0.2, 0.25) is 5.69 Å². The molecule has 0 spiro atoms. The van der Waals surface area contributed by atoms with E-state index in [4.69, 9.17) is 11.6 Å². The summed E-state index contributed by atoms with van der Waals surface area (Å²) in [6.45, 7) is 0.827. The molecule has 4 rings (SSSR count). The van der Waals surface area contributed by atoms with Crippen LogP contribution in [-0.2, 0) is 6.42 Å². The zero-order valence-corrected chi connectivity index (χ0v) is 18.6. The van der Waals surface area contributed by atoms with Crippen LogP contribution in [0.4, 0.5) is 20.2 Å². The van der Waals surface area contributed by atoms with Crippen LogP contribution >= 0.6 is 11.6 Å². The molecule has 0 atom stereocenters. The van der Waals surface area contributed by atoms with Crippen molar-refractivity contribution in [1.29, 1.82) is 0 Å². The Balaban J connectivity index is 1.56. The summed E-state index contributed by atoms with van der Waals surface area (Å²) in [5.74, 6) is -2.36. The van der Waals surface area contributed by atoms with E-state index in [1.165, 1.54) is 24.3 Å². The van der Waals surface area contributed by atoms with Gasteiger partial charge >= 0.3 is 0 Å². The fourth-order valence-electron chi connectivity index (χ4n) is 3.70. The molecule has 1 N–H and O–H groups in total. The summed E-state index contributed by atoms with van der Waals surface area (Å²) in [4.78, 5) is 25.6. The van der Waals surface area contributed by atoms with Crippen molar-refractivity contribution >= 4 is 40.9 Å². The lowest BCUT2D eigenvalue weighted by Crippen LogP contribution is -2.23. The van der Waals surface area contributed by atoms with Crippen LogP contribution in [0.2, 0.25) is 5.02 Å². The number of benzene rings is 3. The number of rotatable bonds is 6. The Morgan fingerprint density at radius 2 is 1.79 bits per heavy atom. The normalized spacial score (nSPS) is 13.1. The zero-order chi connectivity index (χ0) is 23.5. The Morgan fingerprint density at radius 3 is 2.45 bits per heavy atom. The molecule has 0 bridgehead atoms. The second kappa shape index (κ2) is 9.50. The minimum absolute atomic E-state index is 0.00335. The highest BCUT2D eigenvalue weighted by Crippen LogP contribution is 2.23. The van der Waals surface area contributed by atoms with Crippen molar-refractivity contribution < 1.29 is 23.1 Å². The molecule has 3 aromatic rings. The van der Waals surface area contributed by atoms with Gasteiger partial charge in [0.15, 0.2) is 12.0 Å². The number of carbonyl (C=O) groups is 2. The molecule has 1 aliphatic heterocycles. The number of hydrogen-bond donors (Lipinski definition) is 1. The Labute approximate surface area is 194 Å². The second-order valence-electron chi connectivity index (χ2n) is 7.72. The fraction of sp³-hybridized carbons (Fsp3) is 0.160. The lowest BCUT2D eigenvalue weighted by Gasteiger charge is -2.12. The summed E-state index contributed by atoms with van der Waals surface area (Å²) in [6.07, 6.45) is 2.54. The lowest BCUT2D eigenvalue weighted by molar-refractivity contribution is -0.602. The molecule has 0 saturated heterocycles. The van der Waals surface area contributed by atoms with E-state index in [0.29, 0.717) is 22.0 Å². The third-order valence-electron chi connectivity index (χ3n) is 5.41. The quantitative estimate of drug-likeness (QED) is 0.396. The molecule has 1 amide bonds. The number of hydrazone groups is 1. The smallest absolute Gasteiger partial charge is 0.256 e. The van der Waals surface area contributed by atoms with E-state index in [0.717, 1.165) is 19.0 Å². The Morgan fingerprint density at radius 1 is 1.03 bits per heavy atom. The zero-order valence-electron chi connectivity index (χ0n) is 17.8. The van der Waals surface area contributed by atoms with Crippen LogP contribution in [0.25, 0.3) is 0 Å². The van der Waals surface area contributed by atoms with Crippen molar-refractivity contribution in [3.05, 3.63) is 94.0 Å². The highest BCUT2D eigenvalue weighted by Gasteiger charge is 2.24. The average Bonchev–Trinajstić information content (AvgIpc) is 3.22. The first-order valence-electron chi connectivity index (χ1n) is 10.3. The molecular weight excluding hydrogens is 448 g/mol. The maximum atomic E-state index is 14.8. The SMILES string of the molecule is CN1CCC=[N+]1c1ccc(C(=O)Cc2ccc(F)cc2C(=O)Nc2ccc(Cl)cc2)c(F)c1. The van der Waals surface area contributed by atoms with Gasteiger partial charge in [-0.3, -0.25) is 9.59 Å². The summed E-state index contributed by atoms with van der Waals surface area (Å²) in [5, 5.41) is 5.11. The van der Waals surface area contributed by atoms with Crippen molar-refractivity contribution in [2.45, 2.75) is 12.8 Å². The summed E-state index contributed by atoms with van der Waals surface area (Å²) in [6, 6.07) is 14.4. The Kier molecular flexibility index (Phi) is 6.51. The average molecular weight is 469 g/mol. The largest absolute Gasteiger partial charge is 0.322 e. The third kappa shape index (κ3) is 5.09. The van der Waals surface area contributed by atoms with Crippen LogP contribution < -0.4 is 5.32 Å². The van der Waals surface area contributed by atoms with E-state index in [1.54, 1.807) is 30.3 Å². The minimum atomic E-state index is -0.652. The predicted molar refractivity (Wildman–Crippen MR) is 123 cm³/mol. The Bertz CT molecular complexity index is 1260. The van der Waals surface area contributed by atoms with E-state index in [2.05, 4.69) is 5.32 Å².